The second-order valence-electron chi connectivity index (χ2n) is 4.67. The molecule has 0 fully saturated rings. The Kier molecular flexibility index (Phi) is 3.17. The Labute approximate surface area is 117 Å². The third kappa shape index (κ3) is 2.26. The summed E-state index contributed by atoms with van der Waals surface area (Å²) >= 11 is 0. The average molecular weight is 262 g/mol. The van der Waals surface area contributed by atoms with Gasteiger partial charge in [-0.25, -0.2) is 0 Å². The van der Waals surface area contributed by atoms with Crippen molar-refractivity contribution in [1.29, 1.82) is 0 Å². The largest absolute Gasteiger partial charge is 0.298 e. The van der Waals surface area contributed by atoms with Crippen molar-refractivity contribution in [1.82, 2.24) is 9.78 Å². The van der Waals surface area contributed by atoms with Crippen molar-refractivity contribution >= 4 is 6.29 Å². The van der Waals surface area contributed by atoms with Crippen LogP contribution in [0.15, 0.2) is 60.8 Å². The molecule has 0 aliphatic carbocycles. The van der Waals surface area contributed by atoms with Gasteiger partial charge in [0.1, 0.15) is 5.69 Å². The first-order valence-corrected chi connectivity index (χ1v) is 6.42. The summed E-state index contributed by atoms with van der Waals surface area (Å²) in [6.07, 6.45) is 2.57. The number of carbonyl (C=O) groups excluding carboxylic acids is 1. The van der Waals surface area contributed by atoms with E-state index >= 15 is 0 Å². The molecule has 0 aliphatic heterocycles. The summed E-state index contributed by atoms with van der Waals surface area (Å²) in [6.45, 7) is 0. The number of aryl methyl sites for hydroxylation is 1. The van der Waals surface area contributed by atoms with Gasteiger partial charge in [-0.15, -0.1) is 0 Å². The number of carbonyl (C=O) groups is 1. The Morgan fingerprint density at radius 2 is 1.50 bits per heavy atom. The van der Waals surface area contributed by atoms with Gasteiger partial charge < -0.3 is 0 Å². The molecule has 0 unspecified atom stereocenters. The summed E-state index contributed by atoms with van der Waals surface area (Å²) in [5, 5.41) is 4.34. The first-order valence-electron chi connectivity index (χ1n) is 6.42. The zero-order valence-corrected chi connectivity index (χ0v) is 11.2. The first kappa shape index (κ1) is 12.4. The van der Waals surface area contributed by atoms with Crippen molar-refractivity contribution < 1.29 is 4.79 Å². The topological polar surface area (TPSA) is 34.9 Å². The zero-order chi connectivity index (χ0) is 13.9. The van der Waals surface area contributed by atoms with Crippen LogP contribution in [-0.4, -0.2) is 16.1 Å². The maximum atomic E-state index is 11.0. The van der Waals surface area contributed by atoms with Crippen molar-refractivity contribution in [2.75, 3.05) is 0 Å². The lowest BCUT2D eigenvalue weighted by Crippen LogP contribution is -1.88. The summed E-state index contributed by atoms with van der Waals surface area (Å²) in [6, 6.07) is 18.3. The van der Waals surface area contributed by atoms with E-state index in [1.807, 2.05) is 49.5 Å². The van der Waals surface area contributed by atoms with E-state index < -0.39 is 0 Å². The molecule has 3 heteroatoms. The fourth-order valence-electron chi connectivity index (χ4n) is 2.27. The Morgan fingerprint density at radius 3 is 2.15 bits per heavy atom. The molecule has 0 N–H and O–H groups in total. The van der Waals surface area contributed by atoms with Crippen LogP contribution < -0.4 is 0 Å². The number of nitrogens with zero attached hydrogens (tertiary/aromatic N) is 2. The summed E-state index contributed by atoms with van der Waals surface area (Å²) in [5.74, 6) is 0. The fourth-order valence-corrected chi connectivity index (χ4v) is 2.27. The van der Waals surface area contributed by atoms with Crippen LogP contribution in [0, 0.1) is 0 Å². The molecule has 3 rings (SSSR count). The molecular weight excluding hydrogens is 248 g/mol. The van der Waals surface area contributed by atoms with E-state index in [2.05, 4.69) is 17.2 Å². The summed E-state index contributed by atoms with van der Waals surface area (Å²) in [4.78, 5) is 11.0. The minimum absolute atomic E-state index is 0.611. The molecule has 0 bridgehead atoms. The minimum Gasteiger partial charge on any atom is -0.298 e. The van der Waals surface area contributed by atoms with Crippen LogP contribution >= 0.6 is 0 Å². The molecule has 0 saturated heterocycles. The molecule has 0 amide bonds. The Bertz CT molecular complexity index is 727. The van der Waals surface area contributed by atoms with Crippen LogP contribution in [-0.2, 0) is 7.05 Å². The Balaban J connectivity index is 1.99. The number of hydrogen-bond donors (Lipinski definition) is 0. The molecule has 0 spiro atoms. The highest BCUT2D eigenvalue weighted by atomic mass is 16.1. The maximum Gasteiger partial charge on any atom is 0.153 e. The molecule has 0 saturated carbocycles. The number of rotatable bonds is 3. The van der Waals surface area contributed by atoms with Gasteiger partial charge in [-0.05, 0) is 11.1 Å². The molecule has 98 valence electrons. The first-order chi connectivity index (χ1) is 9.78. The van der Waals surface area contributed by atoms with E-state index in [1.165, 1.54) is 5.56 Å². The lowest BCUT2D eigenvalue weighted by Gasteiger charge is -2.03. The molecular formula is C17H14N2O. The van der Waals surface area contributed by atoms with Crippen LogP contribution in [0.1, 0.15) is 10.4 Å². The number of aromatic nitrogens is 2. The highest BCUT2D eigenvalue weighted by molar-refractivity contribution is 5.85. The molecule has 1 heterocycles. The van der Waals surface area contributed by atoms with E-state index in [0.717, 1.165) is 23.1 Å². The molecule has 1 aromatic heterocycles. The predicted molar refractivity (Wildman–Crippen MR) is 79.5 cm³/mol. The molecule has 0 radical (unpaired) electrons. The van der Waals surface area contributed by atoms with Crippen LogP contribution in [0.5, 0.6) is 0 Å². The van der Waals surface area contributed by atoms with Crippen LogP contribution in [0.2, 0.25) is 0 Å². The molecule has 2 aromatic carbocycles. The predicted octanol–water partition coefficient (Wildman–Crippen LogP) is 3.57. The minimum atomic E-state index is 0.611. The normalized spacial score (nSPS) is 10.4. The van der Waals surface area contributed by atoms with E-state index in [0.29, 0.717) is 5.56 Å². The fraction of sp³-hybridized carbons (Fsp3) is 0.0588. The third-order valence-electron chi connectivity index (χ3n) is 3.25. The number of benzene rings is 2. The van der Waals surface area contributed by atoms with Crippen molar-refractivity contribution in [3.63, 3.8) is 0 Å². The van der Waals surface area contributed by atoms with Crippen LogP contribution in [0.4, 0.5) is 0 Å². The molecule has 20 heavy (non-hydrogen) atoms. The Hall–Kier alpha value is -2.68. The van der Waals surface area contributed by atoms with E-state index in [1.54, 1.807) is 10.9 Å². The monoisotopic (exact) mass is 262 g/mol. The van der Waals surface area contributed by atoms with Gasteiger partial charge in [0.2, 0.25) is 0 Å². The number of aldehydes is 1. The quantitative estimate of drug-likeness (QED) is 0.676. The van der Waals surface area contributed by atoms with E-state index in [-0.39, 0.29) is 0 Å². The van der Waals surface area contributed by atoms with Gasteiger partial charge in [0.05, 0.1) is 5.56 Å². The lowest BCUT2D eigenvalue weighted by molar-refractivity contribution is 0.112. The van der Waals surface area contributed by atoms with Gasteiger partial charge in [0.25, 0.3) is 0 Å². The SMILES string of the molecule is Cn1cc(C=O)c(-c2ccc(-c3ccccc3)cc2)n1. The number of hydrogen-bond acceptors (Lipinski definition) is 2. The molecule has 3 nitrogen and oxygen atoms in total. The molecule has 0 aliphatic rings. The molecule has 0 atom stereocenters. The van der Waals surface area contributed by atoms with Gasteiger partial charge in [0, 0.05) is 18.8 Å². The smallest absolute Gasteiger partial charge is 0.153 e. The molecule has 3 aromatic rings. The zero-order valence-electron chi connectivity index (χ0n) is 11.2. The van der Waals surface area contributed by atoms with Gasteiger partial charge in [0.15, 0.2) is 6.29 Å². The maximum absolute atomic E-state index is 11.0. The second kappa shape index (κ2) is 5.13. The van der Waals surface area contributed by atoms with Gasteiger partial charge >= 0.3 is 0 Å². The lowest BCUT2D eigenvalue weighted by atomic mass is 10.0. The van der Waals surface area contributed by atoms with Gasteiger partial charge in [-0.1, -0.05) is 54.6 Å². The third-order valence-corrected chi connectivity index (χ3v) is 3.25. The highest BCUT2D eigenvalue weighted by Crippen LogP contribution is 2.25. The summed E-state index contributed by atoms with van der Waals surface area (Å²) in [7, 11) is 1.81. The standard InChI is InChI=1S/C17H14N2O/c1-19-11-16(12-20)17(18-19)15-9-7-14(8-10-15)13-5-3-2-4-6-13/h2-12H,1H3. The van der Waals surface area contributed by atoms with Gasteiger partial charge in [-0.2, -0.15) is 5.10 Å². The van der Waals surface area contributed by atoms with Crippen LogP contribution in [0.25, 0.3) is 22.4 Å². The second-order valence-corrected chi connectivity index (χ2v) is 4.67. The highest BCUT2D eigenvalue weighted by Gasteiger charge is 2.09. The summed E-state index contributed by atoms with van der Waals surface area (Å²) < 4.78 is 1.66. The van der Waals surface area contributed by atoms with Crippen molar-refractivity contribution in [2.24, 2.45) is 7.05 Å². The summed E-state index contributed by atoms with van der Waals surface area (Å²) in [5.41, 5.74) is 4.61. The average Bonchev–Trinajstić information content (AvgIpc) is 2.89. The van der Waals surface area contributed by atoms with Crippen molar-refractivity contribution in [2.45, 2.75) is 0 Å². The van der Waals surface area contributed by atoms with Crippen molar-refractivity contribution in [3.05, 3.63) is 66.4 Å². The van der Waals surface area contributed by atoms with Crippen molar-refractivity contribution in [3.8, 4) is 22.4 Å². The van der Waals surface area contributed by atoms with Crippen LogP contribution in [0.3, 0.4) is 0 Å². The van der Waals surface area contributed by atoms with E-state index in [4.69, 9.17) is 0 Å². The van der Waals surface area contributed by atoms with E-state index in [9.17, 15) is 4.79 Å². The Morgan fingerprint density at radius 1 is 0.900 bits per heavy atom. The van der Waals surface area contributed by atoms with Gasteiger partial charge in [-0.3, -0.25) is 9.48 Å².